The van der Waals surface area contributed by atoms with Gasteiger partial charge >= 0.3 is 0 Å². The SMILES string of the molecule is CCCC[n+]1ccn(CCNC(CCCCC(C)C)CCC(C)CCCC(C)C)c1C. The van der Waals surface area contributed by atoms with Crippen molar-refractivity contribution in [3.8, 4) is 0 Å². The lowest BCUT2D eigenvalue weighted by Gasteiger charge is -2.21. The van der Waals surface area contributed by atoms with E-state index in [0.29, 0.717) is 6.04 Å². The molecule has 0 bridgehead atoms. The molecule has 1 aromatic rings. The molecule has 1 aromatic heterocycles. The van der Waals surface area contributed by atoms with Gasteiger partial charge in [0.25, 0.3) is 5.82 Å². The number of hydrogen-bond acceptors (Lipinski definition) is 1. The van der Waals surface area contributed by atoms with E-state index in [4.69, 9.17) is 0 Å². The quantitative estimate of drug-likeness (QED) is 0.179. The number of unbranched alkanes of at least 4 members (excludes halogenated alkanes) is 2. The first-order chi connectivity index (χ1) is 14.8. The molecule has 3 heteroatoms. The van der Waals surface area contributed by atoms with Crippen LogP contribution in [0.25, 0.3) is 0 Å². The van der Waals surface area contributed by atoms with Gasteiger partial charge < -0.3 is 5.32 Å². The van der Waals surface area contributed by atoms with Gasteiger partial charge in [0.1, 0.15) is 18.9 Å². The Labute approximate surface area is 195 Å². The van der Waals surface area contributed by atoms with E-state index in [2.05, 4.69) is 75.3 Å². The van der Waals surface area contributed by atoms with Crippen molar-refractivity contribution in [2.75, 3.05) is 6.54 Å². The van der Waals surface area contributed by atoms with Crippen LogP contribution >= 0.6 is 0 Å². The van der Waals surface area contributed by atoms with Crippen molar-refractivity contribution < 1.29 is 4.57 Å². The first-order valence-corrected chi connectivity index (χ1v) is 13.6. The molecule has 0 aromatic carbocycles. The molecule has 1 N–H and O–H groups in total. The number of imidazole rings is 1. The number of hydrogen-bond donors (Lipinski definition) is 1. The topological polar surface area (TPSA) is 20.8 Å². The first kappa shape index (κ1) is 28.2. The molecule has 0 fully saturated rings. The van der Waals surface area contributed by atoms with Crippen molar-refractivity contribution in [1.29, 1.82) is 0 Å². The normalized spacial score (nSPS) is 14.0. The molecular weight excluding hydrogens is 378 g/mol. The lowest BCUT2D eigenvalue weighted by molar-refractivity contribution is -0.702. The van der Waals surface area contributed by atoms with Crippen LogP contribution in [-0.4, -0.2) is 17.2 Å². The van der Waals surface area contributed by atoms with Crippen LogP contribution in [0, 0.1) is 24.7 Å². The van der Waals surface area contributed by atoms with Gasteiger partial charge in [0, 0.05) is 19.5 Å². The standard InChI is InChI=1S/C28H56N3/c1-8-9-20-30-22-23-31(27(30)7)21-19-29-28(16-11-10-13-24(2)3)18-17-26(6)15-12-14-25(4)5/h22-26,28-29H,8-21H2,1-7H3/q+1. The average Bonchev–Trinajstić information content (AvgIpc) is 3.06. The Hall–Kier alpha value is -0.830. The maximum absolute atomic E-state index is 3.94. The fourth-order valence-corrected chi connectivity index (χ4v) is 4.53. The van der Waals surface area contributed by atoms with Crippen LogP contribution in [0.5, 0.6) is 0 Å². The van der Waals surface area contributed by atoms with Gasteiger partial charge in [-0.15, -0.1) is 0 Å². The van der Waals surface area contributed by atoms with Crippen molar-refractivity contribution in [2.45, 2.75) is 138 Å². The Morgan fingerprint density at radius 1 is 0.839 bits per heavy atom. The van der Waals surface area contributed by atoms with Crippen LogP contribution in [0.15, 0.2) is 12.4 Å². The van der Waals surface area contributed by atoms with Crippen LogP contribution in [-0.2, 0) is 13.1 Å². The second-order valence-corrected chi connectivity index (χ2v) is 10.9. The van der Waals surface area contributed by atoms with Crippen molar-refractivity contribution in [3.05, 3.63) is 18.2 Å². The lowest BCUT2D eigenvalue weighted by Crippen LogP contribution is -2.36. The summed E-state index contributed by atoms with van der Waals surface area (Å²) in [4.78, 5) is 0. The Kier molecular flexibility index (Phi) is 15.2. The summed E-state index contributed by atoms with van der Waals surface area (Å²) < 4.78 is 4.83. The maximum atomic E-state index is 3.94. The molecule has 0 aliphatic heterocycles. The summed E-state index contributed by atoms with van der Waals surface area (Å²) in [6.07, 6.45) is 19.4. The molecule has 31 heavy (non-hydrogen) atoms. The molecule has 0 amide bonds. The fourth-order valence-electron chi connectivity index (χ4n) is 4.53. The molecule has 0 saturated heterocycles. The van der Waals surface area contributed by atoms with Crippen molar-refractivity contribution in [2.24, 2.45) is 17.8 Å². The van der Waals surface area contributed by atoms with E-state index < -0.39 is 0 Å². The molecule has 0 radical (unpaired) electrons. The Bertz CT molecular complexity index is 546. The zero-order chi connectivity index (χ0) is 23.1. The Balaban J connectivity index is 2.44. The molecule has 0 saturated carbocycles. The summed E-state index contributed by atoms with van der Waals surface area (Å²) in [6.45, 7) is 19.7. The van der Waals surface area contributed by atoms with Gasteiger partial charge in [-0.25, -0.2) is 9.13 Å². The van der Waals surface area contributed by atoms with E-state index >= 15 is 0 Å². The summed E-state index contributed by atoms with van der Waals surface area (Å²) in [5, 5.41) is 3.94. The van der Waals surface area contributed by atoms with Crippen LogP contribution in [0.2, 0.25) is 0 Å². The van der Waals surface area contributed by atoms with Crippen molar-refractivity contribution in [1.82, 2.24) is 9.88 Å². The number of aryl methyl sites for hydroxylation is 1. The number of aromatic nitrogens is 2. The van der Waals surface area contributed by atoms with E-state index in [1.807, 2.05) is 0 Å². The van der Waals surface area contributed by atoms with Crippen LogP contribution in [0.3, 0.4) is 0 Å². The molecular formula is C28H56N3+. The van der Waals surface area contributed by atoms with E-state index in [9.17, 15) is 0 Å². The minimum absolute atomic E-state index is 0.683. The predicted octanol–water partition coefficient (Wildman–Crippen LogP) is 7.30. The Morgan fingerprint density at radius 3 is 2.19 bits per heavy atom. The highest BCUT2D eigenvalue weighted by Gasteiger charge is 2.14. The molecule has 1 rings (SSSR count). The molecule has 2 atom stereocenters. The third-order valence-electron chi connectivity index (χ3n) is 6.87. The average molecular weight is 435 g/mol. The minimum atomic E-state index is 0.683. The third-order valence-corrected chi connectivity index (χ3v) is 6.87. The summed E-state index contributed by atoms with van der Waals surface area (Å²) in [6, 6.07) is 0.683. The van der Waals surface area contributed by atoms with Crippen LogP contribution in [0.1, 0.15) is 118 Å². The highest BCUT2D eigenvalue weighted by molar-refractivity contribution is 4.80. The molecule has 0 spiro atoms. The number of rotatable bonds is 19. The Morgan fingerprint density at radius 2 is 1.52 bits per heavy atom. The van der Waals surface area contributed by atoms with E-state index in [0.717, 1.165) is 37.4 Å². The second-order valence-electron chi connectivity index (χ2n) is 10.9. The van der Waals surface area contributed by atoms with Crippen LogP contribution < -0.4 is 9.88 Å². The van der Waals surface area contributed by atoms with E-state index in [1.165, 1.54) is 76.5 Å². The van der Waals surface area contributed by atoms with Gasteiger partial charge in [0.2, 0.25) is 0 Å². The predicted molar refractivity (Wildman–Crippen MR) is 136 cm³/mol. The monoisotopic (exact) mass is 434 g/mol. The molecule has 2 unspecified atom stereocenters. The highest BCUT2D eigenvalue weighted by Crippen LogP contribution is 2.19. The second kappa shape index (κ2) is 16.8. The van der Waals surface area contributed by atoms with Gasteiger partial charge in [-0.3, -0.25) is 0 Å². The van der Waals surface area contributed by atoms with Crippen molar-refractivity contribution >= 4 is 0 Å². The molecule has 0 aliphatic rings. The van der Waals surface area contributed by atoms with Gasteiger partial charge in [-0.1, -0.05) is 86.5 Å². The number of nitrogens with zero attached hydrogens (tertiary/aromatic N) is 2. The summed E-state index contributed by atoms with van der Waals surface area (Å²) in [7, 11) is 0. The fraction of sp³-hybridized carbons (Fsp3) is 0.893. The van der Waals surface area contributed by atoms with E-state index in [-0.39, 0.29) is 0 Å². The number of nitrogens with one attached hydrogen (secondary N) is 1. The highest BCUT2D eigenvalue weighted by atomic mass is 15.2. The van der Waals surface area contributed by atoms with Gasteiger partial charge in [-0.05, 0) is 43.4 Å². The summed E-state index contributed by atoms with van der Waals surface area (Å²) >= 11 is 0. The third kappa shape index (κ3) is 13.3. The summed E-state index contributed by atoms with van der Waals surface area (Å²) in [5.41, 5.74) is 0. The van der Waals surface area contributed by atoms with Gasteiger partial charge in [-0.2, -0.15) is 0 Å². The smallest absolute Gasteiger partial charge is 0.253 e. The minimum Gasteiger partial charge on any atom is -0.310 e. The van der Waals surface area contributed by atoms with E-state index in [1.54, 1.807) is 0 Å². The molecule has 0 aliphatic carbocycles. The largest absolute Gasteiger partial charge is 0.310 e. The zero-order valence-corrected chi connectivity index (χ0v) is 22.3. The van der Waals surface area contributed by atoms with Crippen molar-refractivity contribution in [3.63, 3.8) is 0 Å². The first-order valence-electron chi connectivity index (χ1n) is 13.6. The molecule has 182 valence electrons. The van der Waals surface area contributed by atoms with Gasteiger partial charge in [0.05, 0.1) is 6.54 Å². The molecule has 3 nitrogen and oxygen atoms in total. The van der Waals surface area contributed by atoms with Gasteiger partial charge in [0.15, 0.2) is 0 Å². The lowest BCUT2D eigenvalue weighted by atomic mass is 9.92. The zero-order valence-electron chi connectivity index (χ0n) is 22.3. The molecule has 1 heterocycles. The maximum Gasteiger partial charge on any atom is 0.253 e. The van der Waals surface area contributed by atoms with Crippen LogP contribution in [0.4, 0.5) is 0 Å². The summed E-state index contributed by atoms with van der Waals surface area (Å²) in [5.74, 6) is 3.94.